The van der Waals surface area contributed by atoms with E-state index in [9.17, 15) is 0 Å². The Morgan fingerprint density at radius 1 is 0.680 bits per heavy atom. The smallest absolute Gasteiger partial charge is 0.263 e. The molecule has 3 aromatic carbocycles. The lowest BCUT2D eigenvalue weighted by Gasteiger charge is -2.16. The average molecular weight is 329 g/mol. The van der Waals surface area contributed by atoms with E-state index in [-0.39, 0.29) is 11.1 Å². The highest BCUT2D eigenvalue weighted by Gasteiger charge is 2.46. The molecule has 1 aliphatic rings. The van der Waals surface area contributed by atoms with Crippen LogP contribution in [0.4, 0.5) is 8.78 Å². The van der Waals surface area contributed by atoms with Crippen LogP contribution in [0.25, 0.3) is 33.0 Å². The van der Waals surface area contributed by atoms with Crippen LogP contribution in [0.3, 0.4) is 0 Å². The zero-order valence-electron chi connectivity index (χ0n) is 13.2. The van der Waals surface area contributed by atoms with Crippen molar-refractivity contribution in [1.29, 1.82) is 0 Å². The predicted octanol–water partition coefficient (Wildman–Crippen LogP) is 6.02. The van der Waals surface area contributed by atoms with Crippen molar-refractivity contribution in [3.05, 3.63) is 90.3 Å². The fraction of sp³-hybridized carbons (Fsp3) is 0.0455. The molecule has 0 saturated heterocycles. The minimum absolute atomic E-state index is 0.0546. The minimum atomic E-state index is -3.02. The van der Waals surface area contributed by atoms with Gasteiger partial charge in [0.15, 0.2) is 0 Å². The molecule has 4 aromatic rings. The Bertz CT molecular complexity index is 1130. The van der Waals surface area contributed by atoms with Gasteiger partial charge in [-0.25, -0.2) is 0 Å². The molecule has 0 saturated carbocycles. The van der Waals surface area contributed by atoms with Gasteiger partial charge in [0.05, 0.1) is 0 Å². The molecule has 25 heavy (non-hydrogen) atoms. The molecule has 0 aliphatic heterocycles. The quantitative estimate of drug-likeness (QED) is 0.416. The lowest BCUT2D eigenvalue weighted by Crippen LogP contribution is -2.12. The molecule has 5 rings (SSSR count). The Labute approximate surface area is 143 Å². The summed E-state index contributed by atoms with van der Waals surface area (Å²) in [6.07, 6.45) is 3.09. The molecule has 0 spiro atoms. The van der Waals surface area contributed by atoms with Gasteiger partial charge < -0.3 is 0 Å². The highest BCUT2D eigenvalue weighted by molar-refractivity contribution is 5.91. The van der Waals surface area contributed by atoms with Gasteiger partial charge in [0.25, 0.3) is 5.92 Å². The van der Waals surface area contributed by atoms with Gasteiger partial charge in [-0.1, -0.05) is 60.7 Å². The monoisotopic (exact) mass is 329 g/mol. The van der Waals surface area contributed by atoms with Crippen molar-refractivity contribution in [3.8, 4) is 22.3 Å². The van der Waals surface area contributed by atoms with Gasteiger partial charge in [0, 0.05) is 34.6 Å². The molecule has 120 valence electrons. The molecule has 0 unspecified atom stereocenters. The number of fused-ring (bicyclic) bond motifs is 4. The number of benzene rings is 3. The van der Waals surface area contributed by atoms with Crippen LogP contribution in [0, 0.1) is 0 Å². The van der Waals surface area contributed by atoms with Gasteiger partial charge >= 0.3 is 0 Å². The summed E-state index contributed by atoms with van der Waals surface area (Å²) < 4.78 is 30.3. The molecule has 3 heteroatoms. The highest BCUT2D eigenvalue weighted by atomic mass is 19.3. The molecule has 0 bridgehead atoms. The molecular weight excluding hydrogens is 316 g/mol. The van der Waals surface area contributed by atoms with Crippen molar-refractivity contribution in [3.63, 3.8) is 0 Å². The number of nitrogens with zero attached hydrogens (tertiary/aromatic N) is 1. The molecule has 1 aliphatic carbocycles. The summed E-state index contributed by atoms with van der Waals surface area (Å²) in [4.78, 5) is 4.24. The van der Waals surface area contributed by atoms with Crippen LogP contribution in [0.15, 0.2) is 79.1 Å². The largest absolute Gasteiger partial charge is 0.300 e. The van der Waals surface area contributed by atoms with Gasteiger partial charge in [-0.05, 0) is 28.0 Å². The lowest BCUT2D eigenvalue weighted by molar-refractivity contribution is 0.0485. The van der Waals surface area contributed by atoms with Crippen molar-refractivity contribution in [2.45, 2.75) is 5.92 Å². The third-order valence-electron chi connectivity index (χ3n) is 4.88. The first-order valence-corrected chi connectivity index (χ1v) is 8.11. The van der Waals surface area contributed by atoms with Gasteiger partial charge in [-0.15, -0.1) is 0 Å². The van der Waals surface area contributed by atoms with E-state index in [0.717, 1.165) is 16.3 Å². The molecule has 0 atom stereocenters. The maximum Gasteiger partial charge on any atom is 0.300 e. The second-order valence-electron chi connectivity index (χ2n) is 6.29. The summed E-state index contributed by atoms with van der Waals surface area (Å²) in [7, 11) is 0. The zero-order valence-corrected chi connectivity index (χ0v) is 13.2. The second kappa shape index (κ2) is 4.96. The molecule has 0 radical (unpaired) electrons. The summed E-state index contributed by atoms with van der Waals surface area (Å²) in [5.74, 6) is -3.02. The Kier molecular flexibility index (Phi) is 2.84. The first kappa shape index (κ1) is 14.3. The Hall–Kier alpha value is -3.07. The van der Waals surface area contributed by atoms with E-state index in [2.05, 4.69) is 4.98 Å². The van der Waals surface area contributed by atoms with Gasteiger partial charge in [0.1, 0.15) is 0 Å². The first-order chi connectivity index (χ1) is 12.2. The van der Waals surface area contributed by atoms with Crippen LogP contribution >= 0.6 is 0 Å². The molecule has 0 N–H and O–H groups in total. The lowest BCUT2D eigenvalue weighted by atomic mass is 9.95. The topological polar surface area (TPSA) is 12.9 Å². The van der Waals surface area contributed by atoms with Crippen LogP contribution in [0.5, 0.6) is 0 Å². The summed E-state index contributed by atoms with van der Waals surface area (Å²) in [6.45, 7) is 0. The van der Waals surface area contributed by atoms with E-state index in [1.165, 1.54) is 6.07 Å². The van der Waals surface area contributed by atoms with E-state index in [4.69, 9.17) is 0 Å². The van der Waals surface area contributed by atoms with Crippen molar-refractivity contribution >= 4 is 10.8 Å². The van der Waals surface area contributed by atoms with E-state index >= 15 is 8.78 Å². The van der Waals surface area contributed by atoms with E-state index in [0.29, 0.717) is 16.7 Å². The summed E-state index contributed by atoms with van der Waals surface area (Å²) in [6, 6.07) is 20.4. The van der Waals surface area contributed by atoms with Crippen LogP contribution in [0.2, 0.25) is 0 Å². The van der Waals surface area contributed by atoms with Crippen LogP contribution < -0.4 is 0 Å². The van der Waals surface area contributed by atoms with Crippen LogP contribution in [0.1, 0.15) is 11.1 Å². The van der Waals surface area contributed by atoms with Crippen LogP contribution in [-0.2, 0) is 5.92 Å². The number of hydrogen-bond acceptors (Lipinski definition) is 1. The standard InChI is InChI=1S/C22H13F2N/c23-22(24)20-8-4-3-7-17(20)19-13-25-12-18(21(19)22)16-10-9-14-5-1-2-6-15(14)11-16/h1-13H. The fourth-order valence-corrected chi connectivity index (χ4v) is 3.71. The zero-order chi connectivity index (χ0) is 17.0. The van der Waals surface area contributed by atoms with Crippen molar-refractivity contribution in [1.82, 2.24) is 4.98 Å². The minimum Gasteiger partial charge on any atom is -0.263 e. The maximum atomic E-state index is 15.2. The number of halogens is 2. The Morgan fingerprint density at radius 2 is 1.40 bits per heavy atom. The Morgan fingerprint density at radius 3 is 2.28 bits per heavy atom. The van der Waals surface area contributed by atoms with E-state index in [1.54, 1.807) is 30.6 Å². The number of hydrogen-bond donors (Lipinski definition) is 0. The van der Waals surface area contributed by atoms with E-state index in [1.807, 2.05) is 42.5 Å². The first-order valence-electron chi connectivity index (χ1n) is 8.11. The van der Waals surface area contributed by atoms with Crippen molar-refractivity contribution < 1.29 is 8.78 Å². The van der Waals surface area contributed by atoms with Gasteiger partial charge in [-0.2, -0.15) is 8.78 Å². The number of alkyl halides is 2. The SMILES string of the molecule is FC1(F)c2ccccc2-c2cncc(-c3ccc4ccccc4c3)c21. The molecule has 0 amide bonds. The normalized spacial score (nSPS) is 14.3. The number of aromatic nitrogens is 1. The molecule has 1 aromatic heterocycles. The third kappa shape index (κ3) is 1.96. The molecule has 1 heterocycles. The van der Waals surface area contributed by atoms with Crippen molar-refractivity contribution in [2.75, 3.05) is 0 Å². The Balaban J connectivity index is 1.80. The van der Waals surface area contributed by atoms with Crippen LogP contribution in [-0.4, -0.2) is 4.98 Å². The average Bonchev–Trinajstić information content (AvgIpc) is 2.90. The maximum absolute atomic E-state index is 15.2. The number of pyridine rings is 1. The third-order valence-corrected chi connectivity index (χ3v) is 4.88. The predicted molar refractivity (Wildman–Crippen MR) is 95.6 cm³/mol. The summed E-state index contributed by atoms with van der Waals surface area (Å²) in [5.41, 5.74) is 2.45. The molecule has 1 nitrogen and oxygen atoms in total. The van der Waals surface area contributed by atoms with Crippen molar-refractivity contribution in [2.24, 2.45) is 0 Å². The van der Waals surface area contributed by atoms with E-state index < -0.39 is 5.92 Å². The second-order valence-corrected chi connectivity index (χ2v) is 6.29. The summed E-state index contributed by atoms with van der Waals surface area (Å²) >= 11 is 0. The molecular formula is C22H13F2N. The van der Waals surface area contributed by atoms with Gasteiger partial charge in [-0.3, -0.25) is 4.98 Å². The highest BCUT2D eigenvalue weighted by Crippen LogP contribution is 2.53. The fourth-order valence-electron chi connectivity index (χ4n) is 3.71. The summed E-state index contributed by atoms with van der Waals surface area (Å²) in [5, 5.41) is 2.11. The number of rotatable bonds is 1. The molecule has 0 fully saturated rings. The van der Waals surface area contributed by atoms with Gasteiger partial charge in [0.2, 0.25) is 0 Å².